The lowest BCUT2D eigenvalue weighted by Gasteiger charge is -2.29. The summed E-state index contributed by atoms with van der Waals surface area (Å²) in [7, 11) is 1.84. The number of ether oxygens (including phenoxy) is 1. The largest absolute Gasteiger partial charge is 0.481 e. The van der Waals surface area contributed by atoms with Crippen LogP contribution < -0.4 is 0 Å². The van der Waals surface area contributed by atoms with E-state index in [-0.39, 0.29) is 30.6 Å². The summed E-state index contributed by atoms with van der Waals surface area (Å²) in [6.07, 6.45) is 6.39. The predicted octanol–water partition coefficient (Wildman–Crippen LogP) is 4.57. The Balaban J connectivity index is 1.35. The number of hydrogen-bond acceptors (Lipinski definition) is 5. The molecule has 1 aromatic heterocycles. The highest BCUT2D eigenvalue weighted by Gasteiger charge is 2.48. The molecule has 182 valence electrons. The van der Waals surface area contributed by atoms with Gasteiger partial charge in [0.1, 0.15) is 11.6 Å². The SMILES string of the molecule is Cn1nnc2cc(C(CC(=O)O)c3ccc4c(c3)C3C(C4)OC(=O)N3CC3CCCCC3)ccc21. The van der Waals surface area contributed by atoms with Gasteiger partial charge >= 0.3 is 12.1 Å². The second-order valence-corrected chi connectivity index (χ2v) is 10.3. The van der Waals surface area contributed by atoms with E-state index in [1.165, 1.54) is 37.7 Å². The number of aryl methyl sites for hydroxylation is 1. The fraction of sp³-hybridized carbons (Fsp3) is 0.481. The lowest BCUT2D eigenvalue weighted by atomic mass is 9.86. The van der Waals surface area contributed by atoms with Crippen molar-refractivity contribution in [3.05, 3.63) is 58.7 Å². The smallest absolute Gasteiger partial charge is 0.410 e. The Morgan fingerprint density at radius 3 is 2.71 bits per heavy atom. The summed E-state index contributed by atoms with van der Waals surface area (Å²) in [4.78, 5) is 26.6. The molecule has 3 unspecified atom stereocenters. The maximum Gasteiger partial charge on any atom is 0.410 e. The number of hydrogen-bond donors (Lipinski definition) is 1. The fourth-order valence-electron chi connectivity index (χ4n) is 6.32. The number of carbonyl (C=O) groups is 2. The molecule has 1 N–H and O–H groups in total. The molecule has 2 heterocycles. The van der Waals surface area contributed by atoms with E-state index >= 15 is 0 Å². The minimum atomic E-state index is -0.856. The molecule has 0 spiro atoms. The van der Waals surface area contributed by atoms with E-state index in [0.29, 0.717) is 12.3 Å². The Morgan fingerprint density at radius 1 is 1.14 bits per heavy atom. The fourth-order valence-corrected chi connectivity index (χ4v) is 6.32. The van der Waals surface area contributed by atoms with Crippen LogP contribution in [-0.4, -0.2) is 49.7 Å². The highest BCUT2D eigenvalue weighted by atomic mass is 16.6. The van der Waals surface area contributed by atoms with Gasteiger partial charge in [-0.2, -0.15) is 0 Å². The van der Waals surface area contributed by atoms with Crippen LogP contribution in [0.4, 0.5) is 4.79 Å². The first-order valence-electron chi connectivity index (χ1n) is 12.6. The summed E-state index contributed by atoms with van der Waals surface area (Å²) in [6, 6.07) is 12.0. The zero-order valence-corrected chi connectivity index (χ0v) is 19.9. The Kier molecular flexibility index (Phi) is 5.46. The summed E-state index contributed by atoms with van der Waals surface area (Å²) in [5.74, 6) is -0.653. The Morgan fingerprint density at radius 2 is 1.91 bits per heavy atom. The van der Waals surface area contributed by atoms with Crippen LogP contribution in [0, 0.1) is 5.92 Å². The molecular formula is C27H30N4O4. The van der Waals surface area contributed by atoms with E-state index in [9.17, 15) is 14.7 Å². The van der Waals surface area contributed by atoms with Gasteiger partial charge in [0.15, 0.2) is 0 Å². The van der Waals surface area contributed by atoms with Crippen LogP contribution >= 0.6 is 0 Å². The number of carboxylic acids is 1. The number of benzene rings is 2. The standard InChI is InChI=1S/C27H30N4O4/c1-30-23-10-9-18(12-22(23)28-29-30)20(14-25(32)33)17-7-8-19-13-24-26(21(19)11-17)31(27(34)35-24)15-16-5-3-2-4-6-16/h7-12,16,20,24,26H,2-6,13-15H2,1H3,(H,32,33). The summed E-state index contributed by atoms with van der Waals surface area (Å²) < 4.78 is 7.50. The quantitative estimate of drug-likeness (QED) is 0.562. The van der Waals surface area contributed by atoms with E-state index in [1.54, 1.807) is 4.68 Å². The van der Waals surface area contributed by atoms with Crippen LogP contribution in [0.5, 0.6) is 0 Å². The number of rotatable bonds is 6. The molecule has 8 nitrogen and oxygen atoms in total. The Bertz CT molecular complexity index is 1300. The van der Waals surface area contributed by atoms with Gasteiger partial charge in [-0.05, 0) is 53.1 Å². The molecule has 0 radical (unpaired) electrons. The van der Waals surface area contributed by atoms with Crippen molar-refractivity contribution in [3.63, 3.8) is 0 Å². The van der Waals surface area contributed by atoms with E-state index in [1.807, 2.05) is 36.2 Å². The molecule has 1 saturated carbocycles. The number of carboxylic acid groups (broad SMARTS) is 1. The molecule has 0 bridgehead atoms. The third-order valence-electron chi connectivity index (χ3n) is 8.08. The van der Waals surface area contributed by atoms with Gasteiger partial charge < -0.3 is 9.84 Å². The van der Waals surface area contributed by atoms with Crippen molar-refractivity contribution >= 4 is 23.1 Å². The summed E-state index contributed by atoms with van der Waals surface area (Å²) in [5, 5.41) is 18.0. The molecule has 2 aromatic carbocycles. The van der Waals surface area contributed by atoms with Crippen LogP contribution in [0.1, 0.15) is 72.7 Å². The molecule has 3 atom stereocenters. The lowest BCUT2D eigenvalue weighted by molar-refractivity contribution is -0.137. The van der Waals surface area contributed by atoms with Crippen molar-refractivity contribution in [2.75, 3.05) is 6.54 Å². The topological polar surface area (TPSA) is 97.5 Å². The number of aliphatic carboxylic acids is 1. The van der Waals surface area contributed by atoms with Gasteiger partial charge in [0.05, 0.1) is 18.0 Å². The number of nitrogens with zero attached hydrogens (tertiary/aromatic N) is 4. The maximum absolute atomic E-state index is 12.8. The number of carbonyl (C=O) groups excluding carboxylic acids is 1. The molecule has 1 saturated heterocycles. The van der Waals surface area contributed by atoms with Crippen molar-refractivity contribution in [2.45, 2.75) is 63.0 Å². The van der Waals surface area contributed by atoms with Gasteiger partial charge in [-0.25, -0.2) is 9.48 Å². The minimum absolute atomic E-state index is 0.0279. The predicted molar refractivity (Wildman–Crippen MR) is 129 cm³/mol. The third kappa shape index (κ3) is 3.94. The Hall–Kier alpha value is -3.42. The van der Waals surface area contributed by atoms with Crippen LogP contribution in [-0.2, 0) is 23.0 Å². The summed E-state index contributed by atoms with van der Waals surface area (Å²) >= 11 is 0. The lowest BCUT2D eigenvalue weighted by Crippen LogP contribution is -2.33. The van der Waals surface area contributed by atoms with E-state index in [2.05, 4.69) is 22.4 Å². The Labute approximate surface area is 203 Å². The van der Waals surface area contributed by atoms with Gasteiger partial charge in [-0.3, -0.25) is 9.69 Å². The molecule has 1 aliphatic heterocycles. The molecule has 2 aliphatic carbocycles. The second kappa shape index (κ2) is 8.66. The van der Waals surface area contributed by atoms with Crippen molar-refractivity contribution < 1.29 is 19.4 Å². The molecule has 3 aliphatic rings. The minimum Gasteiger partial charge on any atom is -0.481 e. The van der Waals surface area contributed by atoms with E-state index in [0.717, 1.165) is 34.3 Å². The summed E-state index contributed by atoms with van der Waals surface area (Å²) in [5.41, 5.74) is 5.77. The van der Waals surface area contributed by atoms with Gasteiger partial charge in [-0.1, -0.05) is 48.7 Å². The first kappa shape index (κ1) is 22.1. The maximum atomic E-state index is 12.8. The number of amides is 1. The molecule has 1 amide bonds. The van der Waals surface area contributed by atoms with Crippen LogP contribution in [0.3, 0.4) is 0 Å². The first-order chi connectivity index (χ1) is 17.0. The van der Waals surface area contributed by atoms with Gasteiger partial charge in [-0.15, -0.1) is 5.10 Å². The van der Waals surface area contributed by atoms with Gasteiger partial charge in [0.25, 0.3) is 0 Å². The highest BCUT2D eigenvalue weighted by molar-refractivity contribution is 5.76. The zero-order chi connectivity index (χ0) is 24.1. The monoisotopic (exact) mass is 474 g/mol. The van der Waals surface area contributed by atoms with Crippen LogP contribution in [0.15, 0.2) is 36.4 Å². The zero-order valence-electron chi connectivity index (χ0n) is 19.9. The molecule has 8 heteroatoms. The molecule has 2 fully saturated rings. The third-order valence-corrected chi connectivity index (χ3v) is 8.08. The van der Waals surface area contributed by atoms with Crippen molar-refractivity contribution in [3.8, 4) is 0 Å². The highest BCUT2D eigenvalue weighted by Crippen LogP contribution is 2.45. The molecule has 35 heavy (non-hydrogen) atoms. The average molecular weight is 475 g/mol. The molecule has 3 aromatic rings. The van der Waals surface area contributed by atoms with E-state index in [4.69, 9.17) is 4.74 Å². The summed E-state index contributed by atoms with van der Waals surface area (Å²) in [6.45, 7) is 0.742. The van der Waals surface area contributed by atoms with E-state index < -0.39 is 5.97 Å². The van der Waals surface area contributed by atoms with Crippen molar-refractivity contribution in [1.82, 2.24) is 19.9 Å². The normalized spacial score (nSPS) is 22.8. The molecular weight excluding hydrogens is 444 g/mol. The van der Waals surface area contributed by atoms with Crippen LogP contribution in [0.2, 0.25) is 0 Å². The number of aromatic nitrogens is 3. The first-order valence-corrected chi connectivity index (χ1v) is 12.6. The van der Waals surface area contributed by atoms with Gasteiger partial charge in [0, 0.05) is 25.9 Å². The van der Waals surface area contributed by atoms with Gasteiger partial charge in [0.2, 0.25) is 0 Å². The van der Waals surface area contributed by atoms with Crippen molar-refractivity contribution in [2.24, 2.45) is 13.0 Å². The van der Waals surface area contributed by atoms with Crippen LogP contribution in [0.25, 0.3) is 11.0 Å². The number of fused-ring (bicyclic) bond motifs is 4. The second-order valence-electron chi connectivity index (χ2n) is 10.3. The average Bonchev–Trinajstić information content (AvgIpc) is 3.49. The van der Waals surface area contributed by atoms with Crippen molar-refractivity contribution in [1.29, 1.82) is 0 Å². The molecule has 6 rings (SSSR count).